The molecule has 5 rings (SSSR count). The van der Waals surface area contributed by atoms with Gasteiger partial charge >= 0.3 is 0 Å². The number of anilines is 4. The minimum absolute atomic E-state index is 0.0271. The smallest absolute Gasteiger partial charge is 0.227 e. The summed E-state index contributed by atoms with van der Waals surface area (Å²) in [6.45, 7) is 3.58. The van der Waals surface area contributed by atoms with Crippen LogP contribution in [0.1, 0.15) is 18.4 Å². The van der Waals surface area contributed by atoms with Crippen molar-refractivity contribution in [3.8, 4) is 0 Å². The van der Waals surface area contributed by atoms with Crippen molar-refractivity contribution in [3.63, 3.8) is 0 Å². The molecule has 0 atom stereocenters. The maximum absolute atomic E-state index is 13.1. The topological polar surface area (TPSA) is 85.9 Å². The molecule has 4 aromatic rings. The molecule has 1 aliphatic rings. The molecule has 0 aliphatic carbocycles. The van der Waals surface area contributed by atoms with Gasteiger partial charge in [-0.2, -0.15) is 0 Å². The van der Waals surface area contributed by atoms with Crippen LogP contribution >= 0.6 is 0 Å². The number of hydrogen-bond donors (Lipinski definition) is 3. The highest BCUT2D eigenvalue weighted by Crippen LogP contribution is 2.30. The molecule has 2 aromatic heterocycles. The van der Waals surface area contributed by atoms with Crippen LogP contribution in [0, 0.1) is 18.7 Å². The molecule has 7 nitrogen and oxygen atoms in total. The van der Waals surface area contributed by atoms with Crippen LogP contribution in [0.15, 0.2) is 61.1 Å². The van der Waals surface area contributed by atoms with E-state index in [9.17, 15) is 9.18 Å². The number of nitrogens with zero attached hydrogens (tertiary/aromatic N) is 3. The molecule has 8 heteroatoms. The monoisotopic (exact) mass is 444 g/mol. The average Bonchev–Trinajstić information content (AvgIpc) is 3.22. The van der Waals surface area contributed by atoms with Crippen molar-refractivity contribution >= 4 is 39.8 Å². The third kappa shape index (κ3) is 4.50. The second kappa shape index (κ2) is 8.90. The van der Waals surface area contributed by atoms with Crippen LogP contribution in [-0.2, 0) is 4.79 Å². The van der Waals surface area contributed by atoms with Crippen molar-refractivity contribution in [2.75, 3.05) is 28.6 Å². The molecule has 1 fully saturated rings. The molecule has 1 aliphatic heterocycles. The fourth-order valence-corrected chi connectivity index (χ4v) is 4.31. The van der Waals surface area contributed by atoms with Crippen LogP contribution in [0.4, 0.5) is 27.3 Å². The first-order valence-corrected chi connectivity index (χ1v) is 11.0. The Morgan fingerprint density at radius 1 is 1.06 bits per heavy atom. The molecule has 1 amide bonds. The van der Waals surface area contributed by atoms with Crippen molar-refractivity contribution in [2.45, 2.75) is 19.8 Å². The summed E-state index contributed by atoms with van der Waals surface area (Å²) < 4.78 is 13.1. The SMILES string of the molecule is Cc1c[nH]c2ncnc(N3CCC(C(=O)Nc4cccc(Nc5ccc(F)cc5)c4)CC3)c12. The summed E-state index contributed by atoms with van der Waals surface area (Å²) in [4.78, 5) is 27.2. The summed E-state index contributed by atoms with van der Waals surface area (Å²) in [6.07, 6.45) is 5.05. The zero-order valence-electron chi connectivity index (χ0n) is 18.3. The van der Waals surface area contributed by atoms with Gasteiger partial charge in [0.2, 0.25) is 5.91 Å². The molecule has 0 saturated carbocycles. The van der Waals surface area contributed by atoms with Gasteiger partial charge in [-0.05, 0) is 67.8 Å². The predicted octanol–water partition coefficient (Wildman–Crippen LogP) is 5.00. The summed E-state index contributed by atoms with van der Waals surface area (Å²) in [5.74, 6) is 0.621. The number of piperidine rings is 1. The van der Waals surface area contributed by atoms with E-state index >= 15 is 0 Å². The van der Waals surface area contributed by atoms with E-state index in [1.54, 1.807) is 18.5 Å². The molecule has 1 saturated heterocycles. The van der Waals surface area contributed by atoms with Gasteiger partial charge in [0.1, 0.15) is 23.6 Å². The highest BCUT2D eigenvalue weighted by atomic mass is 19.1. The standard InChI is InChI=1S/C25H25FN6O/c1-16-14-27-23-22(16)24(29-15-28-23)32-11-9-17(10-12-32)25(33)31-21-4-2-3-20(13-21)30-19-7-5-18(26)6-8-19/h2-8,13-15,17,30H,9-12H2,1H3,(H,31,33)(H,27,28,29). The largest absolute Gasteiger partial charge is 0.356 e. The number of hydrogen-bond acceptors (Lipinski definition) is 5. The van der Waals surface area contributed by atoms with Crippen LogP contribution in [-0.4, -0.2) is 33.9 Å². The fourth-order valence-electron chi connectivity index (χ4n) is 4.31. The van der Waals surface area contributed by atoms with Crippen molar-refractivity contribution < 1.29 is 9.18 Å². The molecule has 3 N–H and O–H groups in total. The number of benzene rings is 2. The van der Waals surface area contributed by atoms with E-state index in [4.69, 9.17) is 0 Å². The number of halogens is 1. The number of amides is 1. The van der Waals surface area contributed by atoms with Crippen LogP contribution in [0.3, 0.4) is 0 Å². The van der Waals surface area contributed by atoms with E-state index in [2.05, 4.69) is 30.5 Å². The Kier molecular flexibility index (Phi) is 5.64. The van der Waals surface area contributed by atoms with E-state index in [0.717, 1.165) is 65.4 Å². The Hall–Kier alpha value is -3.94. The second-order valence-corrected chi connectivity index (χ2v) is 8.36. The number of carbonyl (C=O) groups is 1. The summed E-state index contributed by atoms with van der Waals surface area (Å²) in [6, 6.07) is 13.7. The minimum atomic E-state index is -0.278. The van der Waals surface area contributed by atoms with Gasteiger partial charge in [0.15, 0.2) is 0 Å². The minimum Gasteiger partial charge on any atom is -0.356 e. The van der Waals surface area contributed by atoms with Gasteiger partial charge in [0.05, 0.1) is 5.39 Å². The van der Waals surface area contributed by atoms with Crippen molar-refractivity contribution in [1.29, 1.82) is 0 Å². The van der Waals surface area contributed by atoms with E-state index in [0.29, 0.717) is 0 Å². The summed E-state index contributed by atoms with van der Waals surface area (Å²) in [7, 11) is 0. The molecule has 168 valence electrons. The van der Waals surface area contributed by atoms with E-state index in [1.807, 2.05) is 37.4 Å². The number of carbonyl (C=O) groups excluding carboxylic acids is 1. The quantitative estimate of drug-likeness (QED) is 0.403. The highest BCUT2D eigenvalue weighted by Gasteiger charge is 2.27. The van der Waals surface area contributed by atoms with Crippen molar-refractivity contribution in [3.05, 3.63) is 72.4 Å². The van der Waals surface area contributed by atoms with Crippen LogP contribution in [0.25, 0.3) is 11.0 Å². The van der Waals surface area contributed by atoms with Gasteiger partial charge in [0, 0.05) is 42.3 Å². The summed E-state index contributed by atoms with van der Waals surface area (Å²) in [5, 5.41) is 7.32. The van der Waals surface area contributed by atoms with Crippen molar-refractivity contribution in [1.82, 2.24) is 15.0 Å². The Bertz CT molecular complexity index is 1280. The molecule has 0 radical (unpaired) electrons. The second-order valence-electron chi connectivity index (χ2n) is 8.36. The van der Waals surface area contributed by atoms with E-state index in [-0.39, 0.29) is 17.6 Å². The Morgan fingerprint density at radius 2 is 1.82 bits per heavy atom. The maximum atomic E-state index is 13.1. The third-order valence-electron chi connectivity index (χ3n) is 6.08. The number of nitrogens with one attached hydrogen (secondary N) is 3. The predicted molar refractivity (Wildman–Crippen MR) is 128 cm³/mol. The lowest BCUT2D eigenvalue weighted by Gasteiger charge is -2.32. The number of fused-ring (bicyclic) bond motifs is 1. The zero-order valence-corrected chi connectivity index (χ0v) is 18.3. The van der Waals surface area contributed by atoms with Gasteiger partial charge < -0.3 is 20.5 Å². The Balaban J connectivity index is 1.21. The fraction of sp³-hybridized carbons (Fsp3) is 0.240. The number of aromatic nitrogens is 3. The Morgan fingerprint density at radius 3 is 2.61 bits per heavy atom. The molecular formula is C25H25FN6O. The van der Waals surface area contributed by atoms with Crippen molar-refractivity contribution in [2.24, 2.45) is 5.92 Å². The lowest BCUT2D eigenvalue weighted by molar-refractivity contribution is -0.120. The van der Waals surface area contributed by atoms with Crippen LogP contribution < -0.4 is 15.5 Å². The lowest BCUT2D eigenvalue weighted by atomic mass is 9.95. The molecular weight excluding hydrogens is 419 g/mol. The van der Waals surface area contributed by atoms with Crippen LogP contribution in [0.5, 0.6) is 0 Å². The highest BCUT2D eigenvalue weighted by molar-refractivity contribution is 5.94. The number of rotatable bonds is 5. The lowest BCUT2D eigenvalue weighted by Crippen LogP contribution is -2.38. The third-order valence-corrected chi connectivity index (χ3v) is 6.08. The normalized spacial score (nSPS) is 14.4. The van der Waals surface area contributed by atoms with Gasteiger partial charge in [0.25, 0.3) is 0 Å². The average molecular weight is 445 g/mol. The molecule has 0 bridgehead atoms. The molecule has 0 unspecified atom stereocenters. The van der Waals surface area contributed by atoms with Gasteiger partial charge in [-0.25, -0.2) is 14.4 Å². The van der Waals surface area contributed by atoms with Gasteiger partial charge in [-0.1, -0.05) is 6.07 Å². The zero-order chi connectivity index (χ0) is 22.8. The van der Waals surface area contributed by atoms with Gasteiger partial charge in [-0.15, -0.1) is 0 Å². The molecule has 2 aromatic carbocycles. The number of H-pyrrole nitrogens is 1. The summed E-state index contributed by atoms with van der Waals surface area (Å²) >= 11 is 0. The first-order chi connectivity index (χ1) is 16.1. The number of aryl methyl sites for hydroxylation is 1. The van der Waals surface area contributed by atoms with E-state index < -0.39 is 0 Å². The maximum Gasteiger partial charge on any atom is 0.227 e. The van der Waals surface area contributed by atoms with Gasteiger partial charge in [-0.3, -0.25) is 4.79 Å². The van der Waals surface area contributed by atoms with Crippen LogP contribution in [0.2, 0.25) is 0 Å². The Labute approximate surface area is 191 Å². The first kappa shape index (κ1) is 20.9. The molecule has 33 heavy (non-hydrogen) atoms. The molecule has 3 heterocycles. The first-order valence-electron chi connectivity index (χ1n) is 11.0. The molecule has 0 spiro atoms. The number of aromatic amines is 1. The summed E-state index contributed by atoms with van der Waals surface area (Å²) in [5.41, 5.74) is 4.30. The van der Waals surface area contributed by atoms with E-state index in [1.165, 1.54) is 12.1 Å².